The van der Waals surface area contributed by atoms with Crippen molar-refractivity contribution in [2.24, 2.45) is 0 Å². The maximum Gasteiger partial charge on any atom is 0.0549 e. The van der Waals surface area contributed by atoms with E-state index in [0.717, 1.165) is 67.1 Å². The molecule has 70 heavy (non-hydrogen) atoms. The molecule has 0 saturated heterocycles. The van der Waals surface area contributed by atoms with Crippen LogP contribution in [0.25, 0.3) is 132 Å². The van der Waals surface area contributed by atoms with Crippen molar-refractivity contribution in [2.45, 2.75) is 0 Å². The van der Waals surface area contributed by atoms with Crippen LogP contribution in [0.5, 0.6) is 0 Å². The number of fused-ring (bicyclic) bond motifs is 12. The van der Waals surface area contributed by atoms with Crippen molar-refractivity contribution in [3.05, 3.63) is 255 Å². The summed E-state index contributed by atoms with van der Waals surface area (Å²) in [5, 5.41) is 9.82. The van der Waals surface area contributed by atoms with Crippen LogP contribution in [-0.4, -0.2) is 18.3 Å². The molecule has 4 heteroatoms. The molecule has 0 aliphatic rings. The minimum absolute atomic E-state index is 1.10. The zero-order valence-electron chi connectivity index (χ0n) is 38.0. The first kappa shape index (κ1) is 38.7. The summed E-state index contributed by atoms with van der Waals surface area (Å²) in [5.74, 6) is 0. The van der Waals surface area contributed by atoms with E-state index in [0.29, 0.717) is 0 Å². The molecule has 0 spiro atoms. The molecule has 0 N–H and O–H groups in total. The number of rotatable bonds is 6. The Morgan fingerprint density at radius 1 is 0.157 bits per heavy atom. The summed E-state index contributed by atoms with van der Waals surface area (Å²) in [6.45, 7) is 0. The number of nitrogens with zero attached hydrogens (tertiary/aromatic N) is 4. The fourth-order valence-electron chi connectivity index (χ4n) is 11.9. The third kappa shape index (κ3) is 5.47. The molecule has 4 nitrogen and oxygen atoms in total. The third-order valence-corrected chi connectivity index (χ3v) is 14.8. The van der Waals surface area contributed by atoms with Gasteiger partial charge in [0.05, 0.1) is 66.9 Å². The molecular formula is C66H42N4. The van der Waals surface area contributed by atoms with Gasteiger partial charge in [-0.05, 0) is 72.8 Å². The minimum Gasteiger partial charge on any atom is -0.309 e. The molecule has 0 fully saturated rings. The summed E-state index contributed by atoms with van der Waals surface area (Å²) in [6, 6.07) is 93.9. The van der Waals surface area contributed by atoms with Crippen LogP contribution >= 0.6 is 0 Å². The average molecular weight is 891 g/mol. The molecule has 15 rings (SSSR count). The van der Waals surface area contributed by atoms with Gasteiger partial charge in [-0.3, -0.25) is 0 Å². The van der Waals surface area contributed by atoms with Gasteiger partial charge in [-0.25, -0.2) is 0 Å². The zero-order chi connectivity index (χ0) is 45.9. The Hall–Kier alpha value is -9.38. The summed E-state index contributed by atoms with van der Waals surface area (Å²) < 4.78 is 9.98. The van der Waals surface area contributed by atoms with Crippen molar-refractivity contribution in [1.29, 1.82) is 0 Å². The minimum atomic E-state index is 1.10. The SMILES string of the molecule is c1ccc(-n2c3ccccc3c3ccccc32)c(-c2cc(-n3c4ccccc4c4ccccc43)c(-c3ccccc3-n3c4ccccc4c4ccccc43)cc2-n2c3ccccc3c3ccccc32)c1. The van der Waals surface area contributed by atoms with Gasteiger partial charge in [0.25, 0.3) is 0 Å². The third-order valence-electron chi connectivity index (χ3n) is 14.8. The van der Waals surface area contributed by atoms with E-state index in [4.69, 9.17) is 0 Å². The highest BCUT2D eigenvalue weighted by molar-refractivity contribution is 6.14. The second-order valence-corrected chi connectivity index (χ2v) is 18.4. The highest BCUT2D eigenvalue weighted by Gasteiger charge is 2.26. The number of hydrogen-bond donors (Lipinski definition) is 0. The molecule has 0 aliphatic heterocycles. The van der Waals surface area contributed by atoms with Gasteiger partial charge >= 0.3 is 0 Å². The fourth-order valence-corrected chi connectivity index (χ4v) is 11.9. The molecule has 0 aliphatic carbocycles. The molecule has 0 atom stereocenters. The first-order valence-electron chi connectivity index (χ1n) is 24.1. The second kappa shape index (κ2) is 15.1. The van der Waals surface area contributed by atoms with Gasteiger partial charge in [0.1, 0.15) is 0 Å². The lowest BCUT2D eigenvalue weighted by atomic mass is 9.93. The van der Waals surface area contributed by atoms with Gasteiger partial charge in [0.15, 0.2) is 0 Å². The highest BCUT2D eigenvalue weighted by Crippen LogP contribution is 2.47. The van der Waals surface area contributed by atoms with Crippen LogP contribution in [0.2, 0.25) is 0 Å². The number of benzene rings is 11. The maximum atomic E-state index is 2.52. The molecule has 15 aromatic rings. The van der Waals surface area contributed by atoms with Gasteiger partial charge in [-0.2, -0.15) is 0 Å². The van der Waals surface area contributed by atoms with Gasteiger partial charge in [-0.15, -0.1) is 0 Å². The Bertz CT molecular complexity index is 4100. The monoisotopic (exact) mass is 890 g/mol. The van der Waals surface area contributed by atoms with Crippen LogP contribution in [0.4, 0.5) is 0 Å². The van der Waals surface area contributed by atoms with Gasteiger partial charge in [-0.1, -0.05) is 182 Å². The molecule has 0 amide bonds. The molecule has 4 heterocycles. The Morgan fingerprint density at radius 3 is 0.586 bits per heavy atom. The van der Waals surface area contributed by atoms with E-state index in [1.807, 2.05) is 0 Å². The Balaban J connectivity index is 1.15. The lowest BCUT2D eigenvalue weighted by Gasteiger charge is -2.24. The van der Waals surface area contributed by atoms with Crippen LogP contribution in [0, 0.1) is 0 Å². The molecule has 0 saturated carbocycles. The predicted molar refractivity (Wildman–Crippen MR) is 295 cm³/mol. The van der Waals surface area contributed by atoms with Crippen LogP contribution in [-0.2, 0) is 0 Å². The summed E-state index contributed by atoms with van der Waals surface area (Å²) in [5.41, 5.74) is 18.3. The summed E-state index contributed by atoms with van der Waals surface area (Å²) in [4.78, 5) is 0. The quantitative estimate of drug-likeness (QED) is 0.158. The molecule has 326 valence electrons. The topological polar surface area (TPSA) is 19.7 Å². The molecule has 11 aromatic carbocycles. The largest absolute Gasteiger partial charge is 0.309 e. The van der Waals surface area contributed by atoms with E-state index >= 15 is 0 Å². The van der Waals surface area contributed by atoms with Crippen molar-refractivity contribution in [2.75, 3.05) is 0 Å². The van der Waals surface area contributed by atoms with Crippen LogP contribution in [0.3, 0.4) is 0 Å². The first-order chi connectivity index (χ1) is 34.8. The van der Waals surface area contributed by atoms with Crippen LogP contribution in [0.15, 0.2) is 255 Å². The van der Waals surface area contributed by atoms with Crippen molar-refractivity contribution < 1.29 is 0 Å². The molecular weight excluding hydrogens is 849 g/mol. The smallest absolute Gasteiger partial charge is 0.0549 e. The predicted octanol–water partition coefficient (Wildman–Crippen LogP) is 17.4. The molecule has 0 unspecified atom stereocenters. The van der Waals surface area contributed by atoms with E-state index in [9.17, 15) is 0 Å². The summed E-state index contributed by atoms with van der Waals surface area (Å²) in [7, 11) is 0. The van der Waals surface area contributed by atoms with E-state index in [2.05, 4.69) is 273 Å². The van der Waals surface area contributed by atoms with Crippen LogP contribution < -0.4 is 0 Å². The van der Waals surface area contributed by atoms with E-state index in [1.165, 1.54) is 65.2 Å². The number of aromatic nitrogens is 4. The Labute approximate surface area is 403 Å². The number of hydrogen-bond acceptors (Lipinski definition) is 0. The highest BCUT2D eigenvalue weighted by atomic mass is 15.0. The molecule has 0 radical (unpaired) electrons. The molecule has 0 bridgehead atoms. The van der Waals surface area contributed by atoms with Crippen molar-refractivity contribution >= 4 is 87.2 Å². The summed E-state index contributed by atoms with van der Waals surface area (Å²) in [6.07, 6.45) is 0. The average Bonchev–Trinajstić information content (AvgIpc) is 4.16. The van der Waals surface area contributed by atoms with Gasteiger partial charge in [0, 0.05) is 65.3 Å². The van der Waals surface area contributed by atoms with Crippen molar-refractivity contribution in [3.8, 4) is 45.0 Å². The van der Waals surface area contributed by atoms with Crippen molar-refractivity contribution in [1.82, 2.24) is 18.3 Å². The zero-order valence-corrected chi connectivity index (χ0v) is 38.0. The fraction of sp³-hybridized carbons (Fsp3) is 0. The molecule has 4 aromatic heterocycles. The first-order valence-corrected chi connectivity index (χ1v) is 24.1. The second-order valence-electron chi connectivity index (χ2n) is 18.4. The lowest BCUT2D eigenvalue weighted by molar-refractivity contribution is 1.13. The van der Waals surface area contributed by atoms with E-state index < -0.39 is 0 Å². The number of para-hydroxylation sites is 10. The van der Waals surface area contributed by atoms with Crippen LogP contribution in [0.1, 0.15) is 0 Å². The summed E-state index contributed by atoms with van der Waals surface area (Å²) >= 11 is 0. The maximum absolute atomic E-state index is 2.52. The Morgan fingerprint density at radius 2 is 0.343 bits per heavy atom. The normalized spacial score (nSPS) is 12.0. The Kier molecular flexibility index (Phi) is 8.33. The van der Waals surface area contributed by atoms with Gasteiger partial charge < -0.3 is 18.3 Å². The standard InChI is InChI=1S/C66H42N4/c1-11-31-55-43(21-1)44-22-2-12-32-56(44)67(55)63-39-19-9-29-51(63)53-41-66(70-61-37-17-7-27-49(61)50-28-8-18-38-62(50)70)54(42-65(53)69-59-35-15-5-25-47(59)48-26-6-16-36-60(48)69)52-30-10-20-40-64(52)68-57-33-13-3-23-45(57)46-24-4-14-34-58(46)68/h1-42H. The van der Waals surface area contributed by atoms with E-state index in [-0.39, 0.29) is 0 Å². The lowest BCUT2D eigenvalue weighted by Crippen LogP contribution is -2.06. The van der Waals surface area contributed by atoms with Gasteiger partial charge in [0.2, 0.25) is 0 Å². The van der Waals surface area contributed by atoms with E-state index in [1.54, 1.807) is 0 Å². The van der Waals surface area contributed by atoms with Crippen molar-refractivity contribution in [3.63, 3.8) is 0 Å².